The second kappa shape index (κ2) is 6.59. The summed E-state index contributed by atoms with van der Waals surface area (Å²) in [5.74, 6) is 0.0847. The van der Waals surface area contributed by atoms with Gasteiger partial charge in [0.05, 0.1) is 16.3 Å². The van der Waals surface area contributed by atoms with E-state index >= 15 is 0 Å². The van der Waals surface area contributed by atoms with Crippen molar-refractivity contribution in [2.75, 3.05) is 13.1 Å². The molecular weight excluding hydrogens is 336 g/mol. The molecule has 1 heterocycles. The molecule has 106 valence electrons. The number of hydrogen-bond donors (Lipinski definition) is 0. The highest BCUT2D eigenvalue weighted by Gasteiger charge is 2.32. The molecule has 1 aliphatic heterocycles. The van der Waals surface area contributed by atoms with Crippen LogP contribution in [0.4, 0.5) is 5.69 Å². The molecule has 0 N–H and O–H groups in total. The van der Waals surface area contributed by atoms with E-state index < -0.39 is 0 Å². The van der Waals surface area contributed by atoms with Crippen LogP contribution in [0, 0.1) is 0 Å². The summed E-state index contributed by atoms with van der Waals surface area (Å²) in [6, 6.07) is 7.77. The van der Waals surface area contributed by atoms with Crippen LogP contribution in [0.15, 0.2) is 44.3 Å². The van der Waals surface area contributed by atoms with Crippen LogP contribution in [0.3, 0.4) is 0 Å². The molecule has 3 nitrogen and oxygen atoms in total. The van der Waals surface area contributed by atoms with E-state index in [4.69, 9.17) is 0 Å². The Labute approximate surface area is 132 Å². The lowest BCUT2D eigenvalue weighted by atomic mass is 10.2. The van der Waals surface area contributed by atoms with Crippen molar-refractivity contribution in [3.8, 4) is 0 Å². The number of ketones is 1. The third-order valence-electron chi connectivity index (χ3n) is 3.08. The lowest BCUT2D eigenvalue weighted by molar-refractivity contribution is -0.113. The number of benzene rings is 1. The molecule has 1 aliphatic rings. The number of carbonyl (C=O) groups excluding carboxylic acids is 1. The van der Waals surface area contributed by atoms with Crippen LogP contribution in [0.1, 0.15) is 20.8 Å². The Hall–Kier alpha value is -1.07. The Balaban J connectivity index is 2.31. The number of thioether (sulfide) groups is 1. The smallest absolute Gasteiger partial charge is 0.165 e. The van der Waals surface area contributed by atoms with Gasteiger partial charge in [-0.25, -0.2) is 4.99 Å². The van der Waals surface area contributed by atoms with E-state index in [1.807, 2.05) is 24.3 Å². The molecule has 0 radical (unpaired) electrons. The zero-order chi connectivity index (χ0) is 14.7. The molecule has 0 atom stereocenters. The van der Waals surface area contributed by atoms with Crippen molar-refractivity contribution in [3.63, 3.8) is 0 Å². The molecule has 0 fully saturated rings. The normalized spacial score (nSPS) is 16.3. The zero-order valence-corrected chi connectivity index (χ0v) is 14.2. The summed E-state index contributed by atoms with van der Waals surface area (Å²) in [7, 11) is 0. The topological polar surface area (TPSA) is 32.7 Å². The van der Waals surface area contributed by atoms with Gasteiger partial charge in [-0.05, 0) is 45.0 Å². The highest BCUT2D eigenvalue weighted by molar-refractivity contribution is 9.10. The van der Waals surface area contributed by atoms with E-state index in [0.29, 0.717) is 0 Å². The first-order chi connectivity index (χ1) is 9.56. The molecule has 0 amide bonds. The molecule has 1 aromatic carbocycles. The van der Waals surface area contributed by atoms with Crippen molar-refractivity contribution in [1.82, 2.24) is 4.90 Å². The fourth-order valence-electron chi connectivity index (χ4n) is 1.99. The number of halogens is 1. The summed E-state index contributed by atoms with van der Waals surface area (Å²) < 4.78 is 1.02. The Bertz CT molecular complexity index is 574. The Morgan fingerprint density at radius 2 is 1.85 bits per heavy atom. The van der Waals surface area contributed by atoms with Gasteiger partial charge in [-0.15, -0.1) is 0 Å². The Morgan fingerprint density at radius 3 is 2.35 bits per heavy atom. The molecule has 0 saturated carbocycles. The van der Waals surface area contributed by atoms with Crippen LogP contribution in [0.2, 0.25) is 0 Å². The van der Waals surface area contributed by atoms with Gasteiger partial charge in [0.25, 0.3) is 0 Å². The van der Waals surface area contributed by atoms with E-state index in [0.717, 1.165) is 38.9 Å². The summed E-state index contributed by atoms with van der Waals surface area (Å²) in [4.78, 5) is 18.6. The van der Waals surface area contributed by atoms with Crippen molar-refractivity contribution in [3.05, 3.63) is 39.3 Å². The van der Waals surface area contributed by atoms with E-state index in [9.17, 15) is 4.79 Å². The van der Waals surface area contributed by atoms with E-state index in [1.54, 1.807) is 18.7 Å². The van der Waals surface area contributed by atoms with Gasteiger partial charge < -0.3 is 4.90 Å². The van der Waals surface area contributed by atoms with Crippen molar-refractivity contribution in [2.24, 2.45) is 4.99 Å². The van der Waals surface area contributed by atoms with Gasteiger partial charge in [-0.2, -0.15) is 0 Å². The maximum atomic E-state index is 11.8. The van der Waals surface area contributed by atoms with Crippen molar-refractivity contribution < 1.29 is 4.79 Å². The molecular formula is C15H17BrN2OS. The SMILES string of the molecule is CCN(CC)C1=C(C(C)=O)C(=Nc2ccc(Br)cc2)S1. The maximum Gasteiger partial charge on any atom is 0.165 e. The number of carbonyl (C=O) groups is 1. The van der Waals surface area contributed by atoms with Gasteiger partial charge in [-0.3, -0.25) is 4.79 Å². The van der Waals surface area contributed by atoms with Crippen molar-refractivity contribution in [1.29, 1.82) is 0 Å². The minimum Gasteiger partial charge on any atom is -0.366 e. The molecule has 1 aromatic rings. The number of nitrogens with zero attached hydrogens (tertiary/aromatic N) is 2. The van der Waals surface area contributed by atoms with Gasteiger partial charge in [0.1, 0.15) is 5.04 Å². The first kappa shape index (κ1) is 15.3. The lowest BCUT2D eigenvalue weighted by Gasteiger charge is -2.32. The molecule has 0 aromatic heterocycles. The van der Waals surface area contributed by atoms with Gasteiger partial charge in [0, 0.05) is 17.6 Å². The maximum absolute atomic E-state index is 11.8. The zero-order valence-electron chi connectivity index (χ0n) is 11.8. The monoisotopic (exact) mass is 352 g/mol. The predicted molar refractivity (Wildman–Crippen MR) is 89.5 cm³/mol. The number of rotatable bonds is 5. The molecule has 0 bridgehead atoms. The molecule has 0 spiro atoms. The number of aliphatic imine (C=N–C) groups is 1. The third kappa shape index (κ3) is 3.15. The summed E-state index contributed by atoms with van der Waals surface area (Å²) in [6.07, 6.45) is 0. The molecule has 2 rings (SSSR count). The molecule has 5 heteroatoms. The minimum atomic E-state index is 0.0847. The third-order valence-corrected chi connectivity index (χ3v) is 4.75. The molecule has 0 saturated heterocycles. The van der Waals surface area contributed by atoms with E-state index in [1.165, 1.54) is 0 Å². The predicted octanol–water partition coefficient (Wildman–Crippen LogP) is 4.37. The average Bonchev–Trinajstić information content (AvgIpc) is 2.39. The van der Waals surface area contributed by atoms with Crippen molar-refractivity contribution in [2.45, 2.75) is 20.8 Å². The molecule has 0 unspecified atom stereocenters. The van der Waals surface area contributed by atoms with E-state index in [-0.39, 0.29) is 5.78 Å². The van der Waals surface area contributed by atoms with Crippen LogP contribution in [0.25, 0.3) is 0 Å². The minimum absolute atomic E-state index is 0.0847. The fraction of sp³-hybridized carbons (Fsp3) is 0.333. The number of hydrogen-bond acceptors (Lipinski definition) is 4. The first-order valence-corrected chi connectivity index (χ1v) is 8.20. The van der Waals surface area contributed by atoms with Gasteiger partial charge in [0.15, 0.2) is 5.78 Å². The van der Waals surface area contributed by atoms with Crippen molar-refractivity contribution >= 4 is 44.2 Å². The van der Waals surface area contributed by atoms with E-state index in [2.05, 4.69) is 39.7 Å². The van der Waals surface area contributed by atoms with Crippen LogP contribution in [0.5, 0.6) is 0 Å². The van der Waals surface area contributed by atoms with Gasteiger partial charge in [-0.1, -0.05) is 27.7 Å². The quantitative estimate of drug-likeness (QED) is 0.788. The Morgan fingerprint density at radius 1 is 1.25 bits per heavy atom. The second-order valence-corrected chi connectivity index (χ2v) is 6.30. The fourth-order valence-corrected chi connectivity index (χ4v) is 3.50. The summed E-state index contributed by atoms with van der Waals surface area (Å²) in [6.45, 7) is 7.61. The summed E-state index contributed by atoms with van der Waals surface area (Å²) in [5.41, 5.74) is 1.63. The highest BCUT2D eigenvalue weighted by Crippen LogP contribution is 2.40. The standard InChI is InChI=1S/C15H17BrN2OS/c1-4-18(5-2)15-13(10(3)19)14(20-15)17-12-8-6-11(16)7-9-12/h6-9H,4-5H2,1-3H3. The van der Waals surface area contributed by atoms with Crippen LogP contribution < -0.4 is 0 Å². The van der Waals surface area contributed by atoms with Gasteiger partial charge in [0.2, 0.25) is 0 Å². The average molecular weight is 353 g/mol. The number of Topliss-reactive ketones (excluding diaryl/α,β-unsaturated/α-hetero) is 1. The van der Waals surface area contributed by atoms with Gasteiger partial charge >= 0.3 is 0 Å². The summed E-state index contributed by atoms with van der Waals surface area (Å²) in [5, 5.41) is 1.88. The molecule has 0 aliphatic carbocycles. The van der Waals surface area contributed by atoms with Crippen LogP contribution in [-0.4, -0.2) is 28.8 Å². The summed E-state index contributed by atoms with van der Waals surface area (Å²) >= 11 is 4.99. The second-order valence-electron chi connectivity index (χ2n) is 4.40. The highest BCUT2D eigenvalue weighted by atomic mass is 79.9. The largest absolute Gasteiger partial charge is 0.366 e. The Kier molecular flexibility index (Phi) is 5.05. The lowest BCUT2D eigenvalue weighted by Crippen LogP contribution is -2.31. The molecule has 20 heavy (non-hydrogen) atoms. The first-order valence-electron chi connectivity index (χ1n) is 6.59. The van der Waals surface area contributed by atoms with Crippen LogP contribution in [-0.2, 0) is 4.79 Å². The van der Waals surface area contributed by atoms with Crippen LogP contribution >= 0.6 is 27.7 Å².